The molecule has 3 rings (SSSR count). The maximum absolute atomic E-state index is 6.10. The van der Waals surface area contributed by atoms with E-state index in [1.807, 2.05) is 0 Å². The normalized spacial score (nSPS) is 37.2. The molecule has 1 spiro atoms. The summed E-state index contributed by atoms with van der Waals surface area (Å²) in [6.45, 7) is 1.80. The average Bonchev–Trinajstić information content (AvgIpc) is 3.03. The molecule has 18 heavy (non-hydrogen) atoms. The number of hydrazine groups is 1. The summed E-state index contributed by atoms with van der Waals surface area (Å²) in [6.07, 6.45) is 10.1. The zero-order valence-corrected chi connectivity index (χ0v) is 11.2. The molecule has 0 aromatic carbocycles. The summed E-state index contributed by atoms with van der Waals surface area (Å²) in [7, 11) is 0. The summed E-state index contributed by atoms with van der Waals surface area (Å²) in [5.74, 6) is 6.42. The van der Waals surface area contributed by atoms with E-state index in [2.05, 4.69) is 5.43 Å². The molecule has 1 aliphatic carbocycles. The van der Waals surface area contributed by atoms with Gasteiger partial charge in [0, 0.05) is 13.2 Å². The van der Waals surface area contributed by atoms with E-state index in [-0.39, 0.29) is 5.60 Å². The molecule has 4 heteroatoms. The van der Waals surface area contributed by atoms with Gasteiger partial charge < -0.3 is 9.47 Å². The predicted octanol–water partition coefficient (Wildman–Crippen LogP) is 1.74. The molecule has 2 aliphatic heterocycles. The van der Waals surface area contributed by atoms with E-state index in [9.17, 15) is 0 Å². The minimum absolute atomic E-state index is 0.177. The Morgan fingerprint density at radius 2 is 1.94 bits per heavy atom. The molecule has 3 atom stereocenters. The van der Waals surface area contributed by atoms with E-state index in [0.29, 0.717) is 18.1 Å². The zero-order chi connectivity index (χ0) is 12.4. The highest BCUT2D eigenvalue weighted by molar-refractivity contribution is 4.96. The molecule has 0 amide bonds. The number of rotatable bonds is 3. The summed E-state index contributed by atoms with van der Waals surface area (Å²) >= 11 is 0. The first-order valence-electron chi connectivity index (χ1n) is 7.55. The first kappa shape index (κ1) is 12.9. The molecule has 4 nitrogen and oxygen atoms in total. The highest BCUT2D eigenvalue weighted by Gasteiger charge is 2.43. The van der Waals surface area contributed by atoms with Crippen LogP contribution in [0.2, 0.25) is 0 Å². The lowest BCUT2D eigenvalue weighted by Crippen LogP contribution is -2.53. The molecular weight excluding hydrogens is 228 g/mol. The molecule has 2 saturated heterocycles. The van der Waals surface area contributed by atoms with E-state index in [1.54, 1.807) is 0 Å². The Bertz CT molecular complexity index is 273. The molecule has 2 heterocycles. The van der Waals surface area contributed by atoms with Gasteiger partial charge in [0.25, 0.3) is 0 Å². The minimum atomic E-state index is 0.177. The third-order valence-corrected chi connectivity index (χ3v) is 5.11. The quantitative estimate of drug-likeness (QED) is 0.595. The fraction of sp³-hybridized carbons (Fsp3) is 1.00. The van der Waals surface area contributed by atoms with Crippen molar-refractivity contribution in [3.63, 3.8) is 0 Å². The number of ether oxygens (including phenoxy) is 2. The van der Waals surface area contributed by atoms with Crippen LogP contribution >= 0.6 is 0 Å². The second-order valence-corrected chi connectivity index (χ2v) is 6.24. The summed E-state index contributed by atoms with van der Waals surface area (Å²) in [6, 6.07) is 0.314. The van der Waals surface area contributed by atoms with Gasteiger partial charge in [0.05, 0.1) is 17.7 Å². The zero-order valence-electron chi connectivity index (χ0n) is 11.2. The number of nitrogens with two attached hydrogens (primary N) is 1. The van der Waals surface area contributed by atoms with Crippen molar-refractivity contribution in [2.45, 2.75) is 69.1 Å². The second kappa shape index (κ2) is 5.45. The largest absolute Gasteiger partial charge is 0.377 e. The van der Waals surface area contributed by atoms with Gasteiger partial charge in [-0.1, -0.05) is 12.8 Å². The standard InChI is InChI=1S/C14H26N2O2/c15-16-13(12-4-3-8-17-12)11-5-9-18-14(10-11)6-1-2-7-14/h11-13,16H,1-10,15H2. The van der Waals surface area contributed by atoms with Crippen molar-refractivity contribution in [3.8, 4) is 0 Å². The van der Waals surface area contributed by atoms with Crippen LogP contribution in [0.25, 0.3) is 0 Å². The third kappa shape index (κ3) is 2.44. The van der Waals surface area contributed by atoms with Crippen LogP contribution in [-0.2, 0) is 9.47 Å². The molecule has 3 aliphatic rings. The number of hydrogen-bond acceptors (Lipinski definition) is 4. The van der Waals surface area contributed by atoms with E-state index < -0.39 is 0 Å². The molecule has 0 bridgehead atoms. The van der Waals surface area contributed by atoms with Crippen LogP contribution in [0.5, 0.6) is 0 Å². The molecule has 0 aromatic heterocycles. The molecule has 0 aromatic rings. The van der Waals surface area contributed by atoms with Gasteiger partial charge in [-0.25, -0.2) is 0 Å². The van der Waals surface area contributed by atoms with Crippen LogP contribution in [0.3, 0.4) is 0 Å². The van der Waals surface area contributed by atoms with E-state index in [0.717, 1.165) is 26.1 Å². The third-order valence-electron chi connectivity index (χ3n) is 5.11. The smallest absolute Gasteiger partial charge is 0.0745 e. The van der Waals surface area contributed by atoms with Crippen molar-refractivity contribution in [2.24, 2.45) is 11.8 Å². The monoisotopic (exact) mass is 254 g/mol. The summed E-state index contributed by atoms with van der Waals surface area (Å²) in [5, 5.41) is 0. The Hall–Kier alpha value is -0.160. The Balaban J connectivity index is 1.66. The molecule has 0 radical (unpaired) electrons. The van der Waals surface area contributed by atoms with Gasteiger partial charge in [0.1, 0.15) is 0 Å². The van der Waals surface area contributed by atoms with Crippen molar-refractivity contribution in [3.05, 3.63) is 0 Å². The maximum Gasteiger partial charge on any atom is 0.0745 e. The van der Waals surface area contributed by atoms with Gasteiger partial charge in [-0.2, -0.15) is 0 Å². The van der Waals surface area contributed by atoms with Crippen LogP contribution in [0.1, 0.15) is 51.4 Å². The van der Waals surface area contributed by atoms with Crippen molar-refractivity contribution in [2.75, 3.05) is 13.2 Å². The number of hydrogen-bond donors (Lipinski definition) is 2. The van der Waals surface area contributed by atoms with Crippen LogP contribution in [-0.4, -0.2) is 31.0 Å². The molecule has 3 unspecified atom stereocenters. The van der Waals surface area contributed by atoms with Crippen molar-refractivity contribution < 1.29 is 9.47 Å². The topological polar surface area (TPSA) is 56.5 Å². The van der Waals surface area contributed by atoms with Crippen molar-refractivity contribution >= 4 is 0 Å². The number of nitrogens with one attached hydrogen (secondary N) is 1. The first-order valence-corrected chi connectivity index (χ1v) is 7.55. The van der Waals surface area contributed by atoms with Gasteiger partial charge >= 0.3 is 0 Å². The van der Waals surface area contributed by atoms with Crippen molar-refractivity contribution in [1.29, 1.82) is 0 Å². The van der Waals surface area contributed by atoms with Gasteiger partial charge in [0.2, 0.25) is 0 Å². The predicted molar refractivity (Wildman–Crippen MR) is 70.0 cm³/mol. The lowest BCUT2D eigenvalue weighted by molar-refractivity contribution is -0.106. The Labute approximate surface area is 110 Å². The second-order valence-electron chi connectivity index (χ2n) is 6.24. The van der Waals surface area contributed by atoms with Gasteiger partial charge in [0.15, 0.2) is 0 Å². The molecule has 3 N–H and O–H groups in total. The van der Waals surface area contributed by atoms with Crippen LogP contribution in [0.15, 0.2) is 0 Å². The molecule has 1 saturated carbocycles. The maximum atomic E-state index is 6.10. The van der Waals surface area contributed by atoms with E-state index in [1.165, 1.54) is 38.5 Å². The van der Waals surface area contributed by atoms with Gasteiger partial charge in [-0.15, -0.1) is 0 Å². The lowest BCUT2D eigenvalue weighted by atomic mass is 9.79. The highest BCUT2D eigenvalue weighted by Crippen LogP contribution is 2.43. The van der Waals surface area contributed by atoms with Crippen LogP contribution < -0.4 is 11.3 Å². The average molecular weight is 254 g/mol. The van der Waals surface area contributed by atoms with E-state index >= 15 is 0 Å². The van der Waals surface area contributed by atoms with E-state index in [4.69, 9.17) is 15.3 Å². The van der Waals surface area contributed by atoms with Gasteiger partial charge in [-0.05, 0) is 44.4 Å². The fourth-order valence-corrected chi connectivity index (χ4v) is 4.17. The summed E-state index contributed by atoms with van der Waals surface area (Å²) in [5.41, 5.74) is 3.22. The molecule has 3 fully saturated rings. The minimum Gasteiger partial charge on any atom is -0.377 e. The lowest BCUT2D eigenvalue weighted by Gasteiger charge is -2.42. The van der Waals surface area contributed by atoms with Crippen molar-refractivity contribution in [1.82, 2.24) is 5.43 Å². The summed E-state index contributed by atoms with van der Waals surface area (Å²) in [4.78, 5) is 0. The summed E-state index contributed by atoms with van der Waals surface area (Å²) < 4.78 is 11.9. The first-order chi connectivity index (χ1) is 8.83. The SMILES string of the molecule is NNC(C1CCOC2(CCCC2)C1)C1CCCO1. The van der Waals surface area contributed by atoms with Gasteiger partial charge in [-0.3, -0.25) is 11.3 Å². The molecule has 104 valence electrons. The molecular formula is C14H26N2O2. The Kier molecular flexibility index (Phi) is 3.89. The van der Waals surface area contributed by atoms with Crippen LogP contribution in [0.4, 0.5) is 0 Å². The Morgan fingerprint density at radius 1 is 1.11 bits per heavy atom. The van der Waals surface area contributed by atoms with Crippen LogP contribution in [0, 0.1) is 5.92 Å². The fourth-order valence-electron chi connectivity index (χ4n) is 4.17. The highest BCUT2D eigenvalue weighted by atomic mass is 16.5. The Morgan fingerprint density at radius 3 is 2.61 bits per heavy atom.